The van der Waals surface area contributed by atoms with Gasteiger partial charge in [-0.1, -0.05) is 25.1 Å². The fraction of sp³-hybridized carbons (Fsp3) is 0.333. The van der Waals surface area contributed by atoms with Gasteiger partial charge >= 0.3 is 0 Å². The molecule has 0 saturated carbocycles. The molecule has 5 nitrogen and oxygen atoms in total. The van der Waals surface area contributed by atoms with E-state index in [0.717, 1.165) is 39.9 Å². The van der Waals surface area contributed by atoms with Crippen molar-refractivity contribution in [3.63, 3.8) is 0 Å². The van der Waals surface area contributed by atoms with E-state index >= 15 is 0 Å². The van der Waals surface area contributed by atoms with E-state index in [1.54, 1.807) is 6.26 Å². The van der Waals surface area contributed by atoms with Crippen LogP contribution in [0.2, 0.25) is 0 Å². The fourth-order valence-corrected chi connectivity index (χ4v) is 3.62. The number of amides is 1. The van der Waals surface area contributed by atoms with Crippen LogP contribution < -0.4 is 0 Å². The summed E-state index contributed by atoms with van der Waals surface area (Å²) in [6.07, 6.45) is 2.21. The lowest BCUT2D eigenvalue weighted by molar-refractivity contribution is -0.0321. The highest BCUT2D eigenvalue weighted by atomic mass is 16.5. The Kier molecular flexibility index (Phi) is 4.47. The van der Waals surface area contributed by atoms with Gasteiger partial charge in [0.1, 0.15) is 11.9 Å². The summed E-state index contributed by atoms with van der Waals surface area (Å²) in [6.45, 7) is 5.63. The minimum atomic E-state index is -0.221. The van der Waals surface area contributed by atoms with Crippen molar-refractivity contribution < 1.29 is 13.9 Å². The number of pyridine rings is 1. The second-order valence-corrected chi connectivity index (χ2v) is 6.56. The van der Waals surface area contributed by atoms with Crippen LogP contribution in [0.5, 0.6) is 0 Å². The zero-order valence-electron chi connectivity index (χ0n) is 15.1. The fourth-order valence-electron chi connectivity index (χ4n) is 3.62. The summed E-state index contributed by atoms with van der Waals surface area (Å²) in [5.41, 5.74) is 3.57. The van der Waals surface area contributed by atoms with E-state index in [9.17, 15) is 4.79 Å². The lowest BCUT2D eigenvalue weighted by atomic mass is 9.98. The third-order valence-electron chi connectivity index (χ3n) is 5.00. The van der Waals surface area contributed by atoms with E-state index in [0.29, 0.717) is 19.7 Å². The molecule has 1 atom stereocenters. The zero-order valence-corrected chi connectivity index (χ0v) is 15.1. The predicted octanol–water partition coefficient (Wildman–Crippen LogP) is 3.91. The molecule has 0 aliphatic carbocycles. The summed E-state index contributed by atoms with van der Waals surface area (Å²) < 4.78 is 11.3. The third-order valence-corrected chi connectivity index (χ3v) is 5.00. The summed E-state index contributed by atoms with van der Waals surface area (Å²) in [7, 11) is 0. The van der Waals surface area contributed by atoms with Gasteiger partial charge < -0.3 is 14.1 Å². The van der Waals surface area contributed by atoms with Gasteiger partial charge in [0.25, 0.3) is 5.91 Å². The quantitative estimate of drug-likeness (QED) is 0.719. The maximum absolute atomic E-state index is 13.4. The average Bonchev–Trinajstić information content (AvgIpc) is 3.22. The molecular formula is C21H22N2O3. The lowest BCUT2D eigenvalue weighted by Crippen LogP contribution is -2.42. The number of carbonyl (C=O) groups is 1. The van der Waals surface area contributed by atoms with Crippen molar-refractivity contribution in [3.05, 3.63) is 65.2 Å². The van der Waals surface area contributed by atoms with Crippen LogP contribution in [-0.2, 0) is 11.2 Å². The number of para-hydroxylation sites is 1. The molecule has 1 amide bonds. The summed E-state index contributed by atoms with van der Waals surface area (Å²) in [5.74, 6) is 0.795. The smallest absolute Gasteiger partial charge is 0.255 e. The summed E-state index contributed by atoms with van der Waals surface area (Å²) in [5, 5.41) is 0.910. The number of aromatic nitrogens is 1. The first kappa shape index (κ1) is 16.8. The molecule has 1 fully saturated rings. The molecule has 0 spiro atoms. The van der Waals surface area contributed by atoms with E-state index < -0.39 is 0 Å². The monoisotopic (exact) mass is 350 g/mol. The summed E-state index contributed by atoms with van der Waals surface area (Å²) in [6, 6.07) is 11.6. The SMILES string of the molecule is CCc1nc2ccccc2c(C(=O)N2CCO[C@H](c3ccco3)C2)c1C. The minimum Gasteiger partial charge on any atom is -0.467 e. The zero-order chi connectivity index (χ0) is 18.1. The molecule has 0 radical (unpaired) electrons. The second kappa shape index (κ2) is 6.92. The van der Waals surface area contributed by atoms with Crippen LogP contribution in [0.1, 0.15) is 40.4 Å². The second-order valence-electron chi connectivity index (χ2n) is 6.56. The van der Waals surface area contributed by atoms with Crippen LogP contribution in [-0.4, -0.2) is 35.5 Å². The molecular weight excluding hydrogens is 328 g/mol. The molecule has 3 aromatic rings. The maximum atomic E-state index is 13.4. The third kappa shape index (κ3) is 2.88. The maximum Gasteiger partial charge on any atom is 0.255 e. The number of fused-ring (bicyclic) bond motifs is 1. The van der Waals surface area contributed by atoms with Crippen molar-refractivity contribution in [1.82, 2.24) is 9.88 Å². The van der Waals surface area contributed by atoms with E-state index in [-0.39, 0.29) is 12.0 Å². The van der Waals surface area contributed by atoms with Gasteiger partial charge in [-0.25, -0.2) is 0 Å². The Morgan fingerprint density at radius 1 is 1.27 bits per heavy atom. The molecule has 1 aliphatic rings. The number of nitrogens with zero attached hydrogens (tertiary/aromatic N) is 2. The van der Waals surface area contributed by atoms with Gasteiger partial charge in [-0.05, 0) is 37.1 Å². The van der Waals surface area contributed by atoms with Gasteiger partial charge in [0, 0.05) is 17.6 Å². The summed E-state index contributed by atoms with van der Waals surface area (Å²) in [4.78, 5) is 20.0. The first-order chi connectivity index (χ1) is 12.7. The topological polar surface area (TPSA) is 55.6 Å². The van der Waals surface area contributed by atoms with E-state index in [2.05, 4.69) is 6.92 Å². The highest BCUT2D eigenvalue weighted by Crippen LogP contribution is 2.28. The molecule has 1 aromatic carbocycles. The number of hydrogen-bond acceptors (Lipinski definition) is 4. The molecule has 2 aromatic heterocycles. The Morgan fingerprint density at radius 2 is 2.12 bits per heavy atom. The van der Waals surface area contributed by atoms with Crippen molar-refractivity contribution in [2.75, 3.05) is 19.7 Å². The molecule has 1 saturated heterocycles. The molecule has 4 rings (SSSR count). The van der Waals surface area contributed by atoms with Gasteiger partial charge in [-0.15, -0.1) is 0 Å². The van der Waals surface area contributed by atoms with E-state index in [4.69, 9.17) is 14.1 Å². The van der Waals surface area contributed by atoms with Crippen molar-refractivity contribution in [2.24, 2.45) is 0 Å². The molecule has 0 N–H and O–H groups in total. The number of benzene rings is 1. The molecule has 26 heavy (non-hydrogen) atoms. The Bertz CT molecular complexity index is 934. The number of morpholine rings is 1. The number of aryl methyl sites for hydroxylation is 1. The number of ether oxygens (including phenoxy) is 1. The van der Waals surface area contributed by atoms with Gasteiger partial charge in [0.2, 0.25) is 0 Å². The van der Waals surface area contributed by atoms with Gasteiger partial charge in [-0.3, -0.25) is 9.78 Å². The Balaban J connectivity index is 1.73. The molecule has 1 aliphatic heterocycles. The lowest BCUT2D eigenvalue weighted by Gasteiger charge is -2.32. The molecule has 0 unspecified atom stereocenters. The van der Waals surface area contributed by atoms with Crippen LogP contribution in [0.15, 0.2) is 47.1 Å². The first-order valence-electron chi connectivity index (χ1n) is 9.01. The predicted molar refractivity (Wildman–Crippen MR) is 99.2 cm³/mol. The Labute approximate surface area is 152 Å². The standard InChI is InChI=1S/C21H22N2O3/c1-3-16-14(2)20(15-7-4-5-8-17(15)22-16)21(24)23-10-12-26-19(13-23)18-9-6-11-25-18/h4-9,11,19H,3,10,12-13H2,1-2H3/t19-/m0/s1. The van der Waals surface area contributed by atoms with Crippen molar-refractivity contribution >= 4 is 16.8 Å². The van der Waals surface area contributed by atoms with Crippen LogP contribution >= 0.6 is 0 Å². The van der Waals surface area contributed by atoms with Crippen LogP contribution in [0.3, 0.4) is 0 Å². The number of furan rings is 1. The average molecular weight is 350 g/mol. The normalized spacial score (nSPS) is 17.6. The van der Waals surface area contributed by atoms with Crippen molar-refractivity contribution in [1.29, 1.82) is 0 Å². The van der Waals surface area contributed by atoms with E-state index in [1.165, 1.54) is 0 Å². The number of carbonyl (C=O) groups excluding carboxylic acids is 1. The van der Waals surface area contributed by atoms with E-state index in [1.807, 2.05) is 48.2 Å². The van der Waals surface area contributed by atoms with Crippen molar-refractivity contribution in [3.8, 4) is 0 Å². The van der Waals surface area contributed by atoms with Gasteiger partial charge in [-0.2, -0.15) is 0 Å². The van der Waals surface area contributed by atoms with Crippen LogP contribution in [0.25, 0.3) is 10.9 Å². The highest BCUT2D eigenvalue weighted by molar-refractivity contribution is 6.07. The highest BCUT2D eigenvalue weighted by Gasteiger charge is 2.29. The Morgan fingerprint density at radius 3 is 2.88 bits per heavy atom. The molecule has 0 bridgehead atoms. The number of hydrogen-bond donors (Lipinski definition) is 0. The van der Waals surface area contributed by atoms with Crippen molar-refractivity contribution in [2.45, 2.75) is 26.4 Å². The first-order valence-corrected chi connectivity index (χ1v) is 9.01. The number of rotatable bonds is 3. The largest absolute Gasteiger partial charge is 0.467 e. The molecule has 134 valence electrons. The summed E-state index contributed by atoms with van der Waals surface area (Å²) >= 11 is 0. The molecule has 3 heterocycles. The van der Waals surface area contributed by atoms with Gasteiger partial charge in [0.05, 0.1) is 30.5 Å². The minimum absolute atomic E-state index is 0.0376. The van der Waals surface area contributed by atoms with Gasteiger partial charge in [0.15, 0.2) is 0 Å². The Hall–Kier alpha value is -2.66. The molecule has 5 heteroatoms. The van der Waals surface area contributed by atoms with Crippen LogP contribution in [0, 0.1) is 6.92 Å². The van der Waals surface area contributed by atoms with Crippen LogP contribution in [0.4, 0.5) is 0 Å².